The van der Waals surface area contributed by atoms with Crippen LogP contribution < -0.4 is 10.1 Å². The van der Waals surface area contributed by atoms with Crippen molar-refractivity contribution in [2.24, 2.45) is 0 Å². The number of aromatic nitrogens is 3. The lowest BCUT2D eigenvalue weighted by Gasteiger charge is -2.12. The summed E-state index contributed by atoms with van der Waals surface area (Å²) in [4.78, 5) is 13.0. The number of fused-ring (bicyclic) bond motifs is 1. The highest BCUT2D eigenvalue weighted by molar-refractivity contribution is 5.94. The van der Waals surface area contributed by atoms with Crippen molar-refractivity contribution in [1.29, 1.82) is 0 Å². The number of hydrogen-bond donors (Lipinski definition) is 1. The van der Waals surface area contributed by atoms with Gasteiger partial charge in [0.05, 0.1) is 12.6 Å². The Bertz CT molecular complexity index is 752. The molecule has 0 aliphatic heterocycles. The molecule has 2 heterocycles. The van der Waals surface area contributed by atoms with Crippen molar-refractivity contribution in [2.75, 3.05) is 19.5 Å². The van der Waals surface area contributed by atoms with Gasteiger partial charge in [0.15, 0.2) is 11.6 Å². The zero-order valence-electron chi connectivity index (χ0n) is 11.3. The van der Waals surface area contributed by atoms with Gasteiger partial charge in [-0.15, -0.1) is 0 Å². The number of methoxy groups -OCH3 is 1. The van der Waals surface area contributed by atoms with E-state index in [4.69, 9.17) is 4.74 Å². The standard InChI is InChI=1S/C15H14N4O/c1-16-15-14(20-2)13(18-9-19-15)11-7-3-5-10-6-4-8-17-12(10)11/h3-9H,1-2H3,(H,16,18,19). The van der Waals surface area contributed by atoms with Crippen LogP contribution in [0, 0.1) is 0 Å². The van der Waals surface area contributed by atoms with Crippen LogP contribution in [0.2, 0.25) is 0 Å². The number of anilines is 1. The fraction of sp³-hybridized carbons (Fsp3) is 0.133. The summed E-state index contributed by atoms with van der Waals surface area (Å²) in [6.45, 7) is 0. The van der Waals surface area contributed by atoms with E-state index < -0.39 is 0 Å². The van der Waals surface area contributed by atoms with E-state index in [1.165, 1.54) is 6.33 Å². The summed E-state index contributed by atoms with van der Waals surface area (Å²) in [5, 5.41) is 4.07. The van der Waals surface area contributed by atoms with E-state index in [0.717, 1.165) is 22.2 Å². The Morgan fingerprint density at radius 3 is 2.70 bits per heavy atom. The third-order valence-corrected chi connectivity index (χ3v) is 3.13. The summed E-state index contributed by atoms with van der Waals surface area (Å²) in [5.74, 6) is 1.28. The van der Waals surface area contributed by atoms with Crippen LogP contribution in [0.4, 0.5) is 5.82 Å². The molecule has 0 atom stereocenters. The topological polar surface area (TPSA) is 59.9 Å². The van der Waals surface area contributed by atoms with Gasteiger partial charge in [-0.3, -0.25) is 4.98 Å². The van der Waals surface area contributed by atoms with Crippen molar-refractivity contribution in [3.8, 4) is 17.0 Å². The van der Waals surface area contributed by atoms with Gasteiger partial charge in [0.1, 0.15) is 12.0 Å². The molecule has 0 spiro atoms. The van der Waals surface area contributed by atoms with Crippen molar-refractivity contribution in [3.05, 3.63) is 42.9 Å². The van der Waals surface area contributed by atoms with Gasteiger partial charge < -0.3 is 10.1 Å². The van der Waals surface area contributed by atoms with E-state index in [9.17, 15) is 0 Å². The normalized spacial score (nSPS) is 10.5. The summed E-state index contributed by atoms with van der Waals surface area (Å²) < 4.78 is 5.46. The molecule has 0 aliphatic carbocycles. The lowest BCUT2D eigenvalue weighted by atomic mass is 10.1. The lowest BCUT2D eigenvalue weighted by molar-refractivity contribution is 0.415. The number of pyridine rings is 1. The average molecular weight is 266 g/mol. The molecule has 0 unspecified atom stereocenters. The first-order valence-corrected chi connectivity index (χ1v) is 6.26. The molecule has 3 rings (SSSR count). The molecule has 5 nitrogen and oxygen atoms in total. The minimum atomic E-state index is 0.619. The van der Waals surface area contributed by atoms with E-state index in [2.05, 4.69) is 20.3 Å². The molecule has 20 heavy (non-hydrogen) atoms. The smallest absolute Gasteiger partial charge is 0.187 e. The molecule has 0 amide bonds. The van der Waals surface area contributed by atoms with E-state index in [-0.39, 0.29) is 0 Å². The van der Waals surface area contributed by atoms with Crippen LogP contribution in [0.3, 0.4) is 0 Å². The molecule has 0 radical (unpaired) electrons. The van der Waals surface area contributed by atoms with Gasteiger partial charge in [-0.25, -0.2) is 9.97 Å². The molecule has 5 heteroatoms. The first-order chi connectivity index (χ1) is 9.85. The monoisotopic (exact) mass is 266 g/mol. The Labute approximate surface area is 116 Å². The second kappa shape index (κ2) is 5.13. The van der Waals surface area contributed by atoms with Crippen LogP contribution in [0.15, 0.2) is 42.9 Å². The van der Waals surface area contributed by atoms with E-state index in [0.29, 0.717) is 11.6 Å². The minimum Gasteiger partial charge on any atom is -0.491 e. The minimum absolute atomic E-state index is 0.619. The summed E-state index contributed by atoms with van der Waals surface area (Å²) >= 11 is 0. The number of benzene rings is 1. The maximum absolute atomic E-state index is 5.46. The zero-order chi connectivity index (χ0) is 13.9. The molecule has 3 aromatic rings. The summed E-state index contributed by atoms with van der Waals surface area (Å²) in [6, 6.07) is 9.94. The molecule has 0 bridgehead atoms. The number of rotatable bonds is 3. The molecule has 100 valence electrons. The fourth-order valence-electron chi connectivity index (χ4n) is 2.23. The van der Waals surface area contributed by atoms with Crippen LogP contribution in [-0.2, 0) is 0 Å². The zero-order valence-corrected chi connectivity index (χ0v) is 11.3. The van der Waals surface area contributed by atoms with Crippen LogP contribution in [-0.4, -0.2) is 29.1 Å². The number of nitrogens with zero attached hydrogens (tertiary/aromatic N) is 3. The maximum atomic E-state index is 5.46. The molecule has 0 aliphatic rings. The Hall–Kier alpha value is -2.69. The third-order valence-electron chi connectivity index (χ3n) is 3.13. The number of ether oxygens (including phenoxy) is 1. The fourth-order valence-corrected chi connectivity index (χ4v) is 2.23. The Morgan fingerprint density at radius 1 is 1.05 bits per heavy atom. The molecular weight excluding hydrogens is 252 g/mol. The van der Waals surface area contributed by atoms with Crippen molar-refractivity contribution >= 4 is 16.7 Å². The van der Waals surface area contributed by atoms with Crippen molar-refractivity contribution in [2.45, 2.75) is 0 Å². The van der Waals surface area contributed by atoms with Gasteiger partial charge in [-0.1, -0.05) is 24.3 Å². The quantitative estimate of drug-likeness (QED) is 0.789. The Balaban J connectivity index is 2.31. The lowest BCUT2D eigenvalue weighted by Crippen LogP contribution is -2.01. The first kappa shape index (κ1) is 12.3. The number of hydrogen-bond acceptors (Lipinski definition) is 5. The predicted molar refractivity (Wildman–Crippen MR) is 78.9 cm³/mol. The maximum Gasteiger partial charge on any atom is 0.187 e. The van der Waals surface area contributed by atoms with Gasteiger partial charge in [-0.2, -0.15) is 0 Å². The van der Waals surface area contributed by atoms with E-state index >= 15 is 0 Å². The second-order valence-electron chi connectivity index (χ2n) is 4.23. The van der Waals surface area contributed by atoms with E-state index in [1.54, 1.807) is 20.4 Å². The van der Waals surface area contributed by atoms with Crippen LogP contribution >= 0.6 is 0 Å². The molecule has 1 aromatic carbocycles. The summed E-state index contributed by atoms with van der Waals surface area (Å²) in [7, 11) is 3.41. The molecule has 0 fully saturated rings. The Kier molecular flexibility index (Phi) is 3.16. The number of para-hydroxylation sites is 1. The summed E-state index contributed by atoms with van der Waals surface area (Å²) in [5.41, 5.74) is 2.56. The van der Waals surface area contributed by atoms with Crippen molar-refractivity contribution < 1.29 is 4.74 Å². The van der Waals surface area contributed by atoms with Crippen LogP contribution in [0.1, 0.15) is 0 Å². The van der Waals surface area contributed by atoms with Crippen molar-refractivity contribution in [3.63, 3.8) is 0 Å². The van der Waals surface area contributed by atoms with Crippen LogP contribution in [0.5, 0.6) is 5.75 Å². The average Bonchev–Trinajstić information content (AvgIpc) is 2.53. The molecule has 2 aromatic heterocycles. The van der Waals surface area contributed by atoms with Gasteiger partial charge in [0.25, 0.3) is 0 Å². The number of nitrogens with one attached hydrogen (secondary N) is 1. The highest BCUT2D eigenvalue weighted by Crippen LogP contribution is 2.35. The van der Waals surface area contributed by atoms with Crippen LogP contribution in [0.25, 0.3) is 22.2 Å². The molecule has 1 N–H and O–H groups in total. The van der Waals surface area contributed by atoms with E-state index in [1.807, 2.05) is 30.3 Å². The Morgan fingerprint density at radius 2 is 1.90 bits per heavy atom. The summed E-state index contributed by atoms with van der Waals surface area (Å²) in [6.07, 6.45) is 3.30. The van der Waals surface area contributed by atoms with Gasteiger partial charge >= 0.3 is 0 Å². The molecular formula is C15H14N4O. The van der Waals surface area contributed by atoms with Gasteiger partial charge in [0, 0.05) is 24.2 Å². The third kappa shape index (κ3) is 1.93. The SMILES string of the molecule is CNc1ncnc(-c2cccc3cccnc23)c1OC. The second-order valence-corrected chi connectivity index (χ2v) is 4.23. The molecule has 0 saturated carbocycles. The molecule has 0 saturated heterocycles. The first-order valence-electron chi connectivity index (χ1n) is 6.26. The van der Waals surface area contributed by atoms with Gasteiger partial charge in [-0.05, 0) is 6.07 Å². The van der Waals surface area contributed by atoms with Crippen molar-refractivity contribution in [1.82, 2.24) is 15.0 Å². The largest absolute Gasteiger partial charge is 0.491 e. The highest BCUT2D eigenvalue weighted by Gasteiger charge is 2.15. The highest BCUT2D eigenvalue weighted by atomic mass is 16.5. The predicted octanol–water partition coefficient (Wildman–Crippen LogP) is 2.74. The van der Waals surface area contributed by atoms with Gasteiger partial charge in [0.2, 0.25) is 0 Å².